The summed E-state index contributed by atoms with van der Waals surface area (Å²) >= 11 is 1.64. The third-order valence-electron chi connectivity index (χ3n) is 5.64. The highest BCUT2D eigenvalue weighted by Gasteiger charge is 2.42. The largest absolute Gasteiger partial charge is 0.369 e. The molecule has 27 heavy (non-hydrogen) atoms. The van der Waals surface area contributed by atoms with Crippen LogP contribution in [0.3, 0.4) is 0 Å². The number of fused-ring (bicyclic) bond motifs is 2. The smallest absolute Gasteiger partial charge is 0.261 e. The number of nitrogens with one attached hydrogen (secondary N) is 2. The molecule has 146 valence electrons. The Morgan fingerprint density at radius 2 is 2.30 bits per heavy atom. The van der Waals surface area contributed by atoms with Gasteiger partial charge in [-0.2, -0.15) is 5.10 Å². The van der Waals surface area contributed by atoms with E-state index in [1.165, 1.54) is 16.9 Å². The molecular weight excluding hydrogens is 360 g/mol. The number of carbonyl (C=O) groups excluding carboxylic acids is 1. The monoisotopic (exact) mass is 388 g/mol. The average molecular weight is 389 g/mol. The Hall–Kier alpha value is -1.70. The molecule has 1 fully saturated rings. The lowest BCUT2D eigenvalue weighted by Gasteiger charge is -2.43. The molecule has 0 bridgehead atoms. The molecule has 2 aliphatic heterocycles. The van der Waals surface area contributed by atoms with Gasteiger partial charge in [0.05, 0.1) is 11.5 Å². The van der Waals surface area contributed by atoms with Gasteiger partial charge in [0.25, 0.3) is 5.91 Å². The fourth-order valence-electron chi connectivity index (χ4n) is 4.18. The van der Waals surface area contributed by atoms with Gasteiger partial charge in [0, 0.05) is 42.8 Å². The lowest BCUT2D eigenvalue weighted by Crippen LogP contribution is -2.46. The van der Waals surface area contributed by atoms with E-state index in [0.717, 1.165) is 62.5 Å². The van der Waals surface area contributed by atoms with Crippen LogP contribution in [0.15, 0.2) is 18.3 Å². The van der Waals surface area contributed by atoms with Crippen molar-refractivity contribution < 1.29 is 9.53 Å². The summed E-state index contributed by atoms with van der Waals surface area (Å²) in [5.74, 6) is 0.0208. The first-order chi connectivity index (χ1) is 13.2. The minimum absolute atomic E-state index is 0.0208. The fourth-order valence-corrected chi connectivity index (χ4v) is 5.51. The zero-order chi connectivity index (χ0) is 18.7. The Balaban J connectivity index is 1.42. The van der Waals surface area contributed by atoms with E-state index in [1.54, 1.807) is 17.5 Å². The molecule has 6 nitrogen and oxygen atoms in total. The number of carbonyl (C=O) groups is 1. The van der Waals surface area contributed by atoms with Gasteiger partial charge in [0.15, 0.2) is 0 Å². The van der Waals surface area contributed by atoms with Crippen molar-refractivity contribution in [3.63, 3.8) is 0 Å². The highest BCUT2D eigenvalue weighted by molar-refractivity contribution is 7.14. The molecule has 0 aliphatic carbocycles. The van der Waals surface area contributed by atoms with E-state index in [2.05, 4.69) is 33.4 Å². The number of piperidine rings is 1. The summed E-state index contributed by atoms with van der Waals surface area (Å²) in [7, 11) is 0. The molecule has 2 aliphatic rings. The van der Waals surface area contributed by atoms with Crippen LogP contribution in [-0.2, 0) is 23.2 Å². The second-order valence-electron chi connectivity index (χ2n) is 7.49. The molecule has 4 rings (SSSR count). The van der Waals surface area contributed by atoms with Crippen molar-refractivity contribution >= 4 is 17.2 Å². The Morgan fingerprint density at radius 1 is 1.44 bits per heavy atom. The molecule has 0 atom stereocenters. The van der Waals surface area contributed by atoms with Crippen LogP contribution in [0.4, 0.5) is 0 Å². The molecule has 2 aromatic heterocycles. The fraction of sp³-hybridized carbons (Fsp3) is 0.600. The van der Waals surface area contributed by atoms with Crippen LogP contribution in [0.25, 0.3) is 0 Å². The Morgan fingerprint density at radius 3 is 3.04 bits per heavy atom. The van der Waals surface area contributed by atoms with Crippen molar-refractivity contribution in [3.05, 3.63) is 39.3 Å². The van der Waals surface area contributed by atoms with E-state index < -0.39 is 0 Å². The normalized spacial score (nSPS) is 19.1. The predicted molar refractivity (Wildman–Crippen MR) is 106 cm³/mol. The second kappa shape index (κ2) is 8.12. The maximum absolute atomic E-state index is 12.6. The maximum atomic E-state index is 12.6. The second-order valence-corrected chi connectivity index (χ2v) is 8.54. The predicted octanol–water partition coefficient (Wildman–Crippen LogP) is 2.72. The van der Waals surface area contributed by atoms with E-state index in [9.17, 15) is 4.79 Å². The first-order valence-corrected chi connectivity index (χ1v) is 10.8. The minimum atomic E-state index is -0.170. The molecule has 0 radical (unpaired) electrons. The number of aromatic nitrogens is 2. The van der Waals surface area contributed by atoms with E-state index in [1.807, 2.05) is 6.07 Å². The van der Waals surface area contributed by atoms with Crippen LogP contribution in [0.5, 0.6) is 0 Å². The van der Waals surface area contributed by atoms with Crippen molar-refractivity contribution in [2.75, 3.05) is 32.8 Å². The quantitative estimate of drug-likeness (QED) is 0.798. The van der Waals surface area contributed by atoms with Crippen LogP contribution in [-0.4, -0.2) is 53.8 Å². The van der Waals surface area contributed by atoms with E-state index in [0.29, 0.717) is 6.54 Å². The third-order valence-corrected chi connectivity index (χ3v) is 7.00. The highest BCUT2D eigenvalue weighted by atomic mass is 32.1. The Labute approximate surface area is 164 Å². The Bertz CT molecular complexity index is 763. The van der Waals surface area contributed by atoms with Crippen molar-refractivity contribution in [2.24, 2.45) is 0 Å². The van der Waals surface area contributed by atoms with Crippen molar-refractivity contribution in [1.82, 2.24) is 20.4 Å². The summed E-state index contributed by atoms with van der Waals surface area (Å²) in [6.45, 7) is 6.93. The van der Waals surface area contributed by atoms with Gasteiger partial charge >= 0.3 is 0 Å². The van der Waals surface area contributed by atoms with Crippen LogP contribution in [0.2, 0.25) is 0 Å². The summed E-state index contributed by atoms with van der Waals surface area (Å²) in [5, 5.41) is 9.89. The molecule has 4 heterocycles. The molecular formula is C20H28N4O2S. The number of amides is 1. The number of likely N-dealkylation sites (tertiary alicyclic amines) is 1. The molecule has 0 saturated carbocycles. The van der Waals surface area contributed by atoms with Gasteiger partial charge in [0.2, 0.25) is 0 Å². The summed E-state index contributed by atoms with van der Waals surface area (Å²) < 4.78 is 6.32. The van der Waals surface area contributed by atoms with E-state index in [4.69, 9.17) is 4.74 Å². The van der Waals surface area contributed by atoms with Gasteiger partial charge in [-0.25, -0.2) is 0 Å². The number of rotatable bonds is 6. The van der Waals surface area contributed by atoms with Gasteiger partial charge in [0.1, 0.15) is 5.60 Å². The zero-order valence-corrected chi connectivity index (χ0v) is 16.7. The molecule has 1 amide bonds. The molecule has 2 N–H and O–H groups in total. The lowest BCUT2D eigenvalue weighted by atomic mass is 9.85. The number of ether oxygens (including phenoxy) is 1. The van der Waals surface area contributed by atoms with Crippen LogP contribution < -0.4 is 5.32 Å². The van der Waals surface area contributed by atoms with Gasteiger partial charge in [-0.15, -0.1) is 11.3 Å². The molecule has 0 unspecified atom stereocenters. The third kappa shape index (κ3) is 3.95. The van der Waals surface area contributed by atoms with Crippen molar-refractivity contribution in [1.29, 1.82) is 0 Å². The van der Waals surface area contributed by atoms with Crippen molar-refractivity contribution in [2.45, 2.75) is 44.6 Å². The van der Waals surface area contributed by atoms with E-state index >= 15 is 0 Å². The maximum Gasteiger partial charge on any atom is 0.261 e. The number of hydrogen-bond acceptors (Lipinski definition) is 5. The number of hydrogen-bond donors (Lipinski definition) is 2. The van der Waals surface area contributed by atoms with E-state index in [-0.39, 0.29) is 11.5 Å². The molecule has 7 heteroatoms. The summed E-state index contributed by atoms with van der Waals surface area (Å²) in [6.07, 6.45) is 6.66. The standard InChI is InChI=1S/C20H28N4O2S/c1-2-10-24-11-6-20(7-12-24)18-15(5-13-26-20)14-17(27-18)19(25)21-8-3-16-4-9-22-23-16/h4,9,14H,2-3,5-8,10-13H2,1H3,(H,21,25)(H,22,23). The highest BCUT2D eigenvalue weighted by Crippen LogP contribution is 2.45. The first kappa shape index (κ1) is 18.7. The summed E-state index contributed by atoms with van der Waals surface area (Å²) in [5.41, 5.74) is 2.18. The Kier molecular flexibility index (Phi) is 5.61. The summed E-state index contributed by atoms with van der Waals surface area (Å²) in [4.78, 5) is 17.3. The van der Waals surface area contributed by atoms with Gasteiger partial charge in [-0.1, -0.05) is 6.92 Å². The minimum Gasteiger partial charge on any atom is -0.369 e. The van der Waals surface area contributed by atoms with Gasteiger partial charge in [-0.3, -0.25) is 9.89 Å². The van der Waals surface area contributed by atoms with Crippen molar-refractivity contribution in [3.8, 4) is 0 Å². The van der Waals surface area contributed by atoms with Gasteiger partial charge < -0.3 is 15.0 Å². The number of H-pyrrole nitrogens is 1. The van der Waals surface area contributed by atoms with Crippen LogP contribution in [0, 0.1) is 0 Å². The van der Waals surface area contributed by atoms with Crippen LogP contribution >= 0.6 is 11.3 Å². The summed E-state index contributed by atoms with van der Waals surface area (Å²) in [6, 6.07) is 4.02. The zero-order valence-electron chi connectivity index (χ0n) is 15.9. The SMILES string of the molecule is CCCN1CCC2(CC1)OCCc1cc(C(=O)NCCc3ccn[nH]3)sc12. The number of nitrogens with zero attached hydrogens (tertiary/aromatic N) is 2. The molecule has 1 saturated heterocycles. The first-order valence-electron chi connectivity index (χ1n) is 9.96. The van der Waals surface area contributed by atoms with Gasteiger partial charge in [-0.05, 0) is 49.9 Å². The lowest BCUT2D eigenvalue weighted by molar-refractivity contribution is -0.0949. The number of aromatic amines is 1. The molecule has 0 aromatic carbocycles. The number of thiophene rings is 1. The van der Waals surface area contributed by atoms with Crippen LogP contribution in [0.1, 0.15) is 52.0 Å². The average Bonchev–Trinajstić information content (AvgIpc) is 3.34. The molecule has 1 spiro atoms. The molecule has 2 aromatic rings. The topological polar surface area (TPSA) is 70.2 Å².